The van der Waals surface area contributed by atoms with Gasteiger partial charge in [-0.3, -0.25) is 0 Å². The maximum absolute atomic E-state index is 11.9. The van der Waals surface area contributed by atoms with E-state index >= 15 is 0 Å². The number of aliphatic hydroxyl groups is 1. The van der Waals surface area contributed by atoms with Crippen LogP contribution in [0.25, 0.3) is 0 Å². The number of rotatable bonds is 3. The van der Waals surface area contributed by atoms with E-state index in [1.54, 1.807) is 34.6 Å². The highest BCUT2D eigenvalue weighted by molar-refractivity contribution is 6.48. The number of hydrogen-bond acceptors (Lipinski definition) is 3. The number of aliphatic hydroxyl groups excluding tert-OH is 1. The second-order valence-corrected chi connectivity index (χ2v) is 7.74. The standard InChI is InChI=1S/C15H20Cl3NO3/c1-14(2,3)22-13(21)19-15(4,5)12(20)8-6-9(16)11(18)10(17)7-8/h6-7,12,20H,1-5H3,(H,19,21). The Morgan fingerprint density at radius 1 is 1.14 bits per heavy atom. The third-order valence-electron chi connectivity index (χ3n) is 2.83. The summed E-state index contributed by atoms with van der Waals surface area (Å²) < 4.78 is 5.19. The smallest absolute Gasteiger partial charge is 0.408 e. The molecule has 1 rings (SSSR count). The first-order chi connectivity index (χ1) is 9.83. The molecule has 2 N–H and O–H groups in total. The molecule has 0 heterocycles. The lowest BCUT2D eigenvalue weighted by Gasteiger charge is -2.33. The van der Waals surface area contributed by atoms with Crippen LogP contribution in [0, 0.1) is 0 Å². The van der Waals surface area contributed by atoms with Crippen molar-refractivity contribution in [3.8, 4) is 0 Å². The van der Waals surface area contributed by atoms with Gasteiger partial charge in [-0.25, -0.2) is 4.79 Å². The van der Waals surface area contributed by atoms with Crippen LogP contribution in [0.2, 0.25) is 15.1 Å². The summed E-state index contributed by atoms with van der Waals surface area (Å²) in [6.45, 7) is 8.61. The van der Waals surface area contributed by atoms with E-state index in [2.05, 4.69) is 5.32 Å². The predicted octanol–water partition coefficient (Wildman–Crippen LogP) is 4.98. The predicted molar refractivity (Wildman–Crippen MR) is 89.9 cm³/mol. The van der Waals surface area contributed by atoms with Crippen LogP contribution in [0.4, 0.5) is 4.79 Å². The molecule has 1 aromatic rings. The van der Waals surface area contributed by atoms with Crippen molar-refractivity contribution in [3.63, 3.8) is 0 Å². The first kappa shape index (κ1) is 19.4. The molecule has 0 aromatic heterocycles. The summed E-state index contributed by atoms with van der Waals surface area (Å²) >= 11 is 17.8. The Kier molecular flexibility index (Phi) is 6.01. The second-order valence-electron chi connectivity index (χ2n) is 6.55. The Morgan fingerprint density at radius 3 is 2.00 bits per heavy atom. The Bertz CT molecular complexity index is 545. The summed E-state index contributed by atoms with van der Waals surface area (Å²) in [7, 11) is 0. The molecule has 1 atom stereocenters. The zero-order chi connectivity index (χ0) is 17.3. The number of benzene rings is 1. The van der Waals surface area contributed by atoms with Gasteiger partial charge in [-0.1, -0.05) is 34.8 Å². The van der Waals surface area contributed by atoms with Gasteiger partial charge in [0.05, 0.1) is 20.6 Å². The van der Waals surface area contributed by atoms with E-state index in [4.69, 9.17) is 39.5 Å². The zero-order valence-corrected chi connectivity index (χ0v) is 15.4. The SMILES string of the molecule is CC(C)(C)OC(=O)NC(C)(C)C(O)c1cc(Cl)c(Cl)c(Cl)c1. The summed E-state index contributed by atoms with van der Waals surface area (Å²) in [5, 5.41) is 13.8. The third-order valence-corrected chi connectivity index (χ3v) is 4.03. The fourth-order valence-electron chi connectivity index (χ4n) is 1.78. The molecule has 1 aromatic carbocycles. The van der Waals surface area contributed by atoms with E-state index in [1.165, 1.54) is 12.1 Å². The van der Waals surface area contributed by atoms with Crippen LogP contribution >= 0.6 is 34.8 Å². The highest BCUT2D eigenvalue weighted by Crippen LogP contribution is 2.35. The van der Waals surface area contributed by atoms with Gasteiger partial charge in [-0.15, -0.1) is 0 Å². The monoisotopic (exact) mass is 367 g/mol. The molecule has 1 unspecified atom stereocenters. The lowest BCUT2D eigenvalue weighted by atomic mass is 9.91. The first-order valence-corrected chi connectivity index (χ1v) is 7.80. The van der Waals surface area contributed by atoms with Gasteiger partial charge in [0.1, 0.15) is 11.7 Å². The van der Waals surface area contributed by atoms with Crippen LogP contribution in [-0.4, -0.2) is 22.3 Å². The minimum atomic E-state index is -1.05. The van der Waals surface area contributed by atoms with E-state index in [0.717, 1.165) is 0 Å². The van der Waals surface area contributed by atoms with E-state index in [0.29, 0.717) is 5.56 Å². The topological polar surface area (TPSA) is 58.6 Å². The van der Waals surface area contributed by atoms with Crippen LogP contribution in [0.1, 0.15) is 46.3 Å². The van der Waals surface area contributed by atoms with Crippen molar-refractivity contribution in [2.75, 3.05) is 0 Å². The highest BCUT2D eigenvalue weighted by atomic mass is 35.5. The fraction of sp³-hybridized carbons (Fsp3) is 0.533. The van der Waals surface area contributed by atoms with Gasteiger partial charge in [-0.05, 0) is 52.3 Å². The number of ether oxygens (including phenoxy) is 1. The van der Waals surface area contributed by atoms with Crippen LogP contribution in [-0.2, 0) is 4.74 Å². The third kappa shape index (κ3) is 5.20. The molecule has 0 bridgehead atoms. The molecular formula is C15H20Cl3NO3. The molecule has 1 amide bonds. The number of carbonyl (C=O) groups excluding carboxylic acids is 1. The van der Waals surface area contributed by atoms with Gasteiger partial charge >= 0.3 is 6.09 Å². The quantitative estimate of drug-likeness (QED) is 0.739. The lowest BCUT2D eigenvalue weighted by Crippen LogP contribution is -2.49. The highest BCUT2D eigenvalue weighted by Gasteiger charge is 2.33. The summed E-state index contributed by atoms with van der Waals surface area (Å²) in [5.41, 5.74) is -1.18. The molecule has 0 saturated carbocycles. The minimum Gasteiger partial charge on any atom is -0.444 e. The van der Waals surface area contributed by atoms with Crippen LogP contribution in [0.5, 0.6) is 0 Å². The minimum absolute atomic E-state index is 0.220. The summed E-state index contributed by atoms with van der Waals surface area (Å²) in [4.78, 5) is 11.9. The average Bonchev–Trinajstić information content (AvgIpc) is 2.31. The number of carbonyl (C=O) groups is 1. The maximum atomic E-state index is 11.9. The number of nitrogens with one attached hydrogen (secondary N) is 1. The molecule has 0 aliphatic heterocycles. The number of hydrogen-bond donors (Lipinski definition) is 2. The average molecular weight is 369 g/mol. The molecule has 124 valence electrons. The Labute approximate surface area is 145 Å². The van der Waals surface area contributed by atoms with Crippen LogP contribution < -0.4 is 5.32 Å². The van der Waals surface area contributed by atoms with Gasteiger partial charge in [-0.2, -0.15) is 0 Å². The van der Waals surface area contributed by atoms with E-state index in [9.17, 15) is 9.90 Å². The number of alkyl carbamates (subject to hydrolysis) is 1. The van der Waals surface area contributed by atoms with Crippen molar-refractivity contribution in [2.45, 2.75) is 51.9 Å². The maximum Gasteiger partial charge on any atom is 0.408 e. The van der Waals surface area contributed by atoms with Crippen molar-refractivity contribution < 1.29 is 14.6 Å². The van der Waals surface area contributed by atoms with Crippen molar-refractivity contribution in [2.24, 2.45) is 0 Å². The number of halogens is 3. The van der Waals surface area contributed by atoms with E-state index < -0.39 is 23.3 Å². The van der Waals surface area contributed by atoms with Crippen molar-refractivity contribution in [1.29, 1.82) is 0 Å². The molecular weight excluding hydrogens is 349 g/mol. The van der Waals surface area contributed by atoms with Crippen molar-refractivity contribution >= 4 is 40.9 Å². The van der Waals surface area contributed by atoms with Crippen LogP contribution in [0.3, 0.4) is 0 Å². The normalized spacial score (nSPS) is 13.7. The molecule has 0 spiro atoms. The van der Waals surface area contributed by atoms with E-state index in [1.807, 2.05) is 0 Å². The van der Waals surface area contributed by atoms with Crippen molar-refractivity contribution in [1.82, 2.24) is 5.32 Å². The lowest BCUT2D eigenvalue weighted by molar-refractivity contribution is 0.0291. The Morgan fingerprint density at radius 2 is 1.59 bits per heavy atom. The van der Waals surface area contributed by atoms with Gasteiger partial charge in [0.15, 0.2) is 0 Å². The molecule has 22 heavy (non-hydrogen) atoms. The molecule has 0 saturated heterocycles. The van der Waals surface area contributed by atoms with Gasteiger partial charge in [0.25, 0.3) is 0 Å². The Balaban J connectivity index is 2.95. The van der Waals surface area contributed by atoms with Gasteiger partial charge in [0, 0.05) is 0 Å². The molecule has 4 nitrogen and oxygen atoms in total. The molecule has 7 heteroatoms. The second kappa shape index (κ2) is 6.83. The summed E-state index contributed by atoms with van der Waals surface area (Å²) in [6, 6.07) is 3.03. The molecule has 0 aliphatic carbocycles. The zero-order valence-electron chi connectivity index (χ0n) is 13.1. The van der Waals surface area contributed by atoms with Crippen LogP contribution in [0.15, 0.2) is 12.1 Å². The van der Waals surface area contributed by atoms with E-state index in [-0.39, 0.29) is 15.1 Å². The molecule has 0 fully saturated rings. The van der Waals surface area contributed by atoms with Crippen molar-refractivity contribution in [3.05, 3.63) is 32.8 Å². The molecule has 0 aliphatic rings. The fourth-order valence-corrected chi connectivity index (χ4v) is 2.40. The first-order valence-electron chi connectivity index (χ1n) is 6.67. The number of amides is 1. The molecule has 0 radical (unpaired) electrons. The summed E-state index contributed by atoms with van der Waals surface area (Å²) in [5.74, 6) is 0. The largest absolute Gasteiger partial charge is 0.444 e. The van der Waals surface area contributed by atoms with Gasteiger partial charge < -0.3 is 15.2 Å². The Hall–Kier alpha value is -0.680. The van der Waals surface area contributed by atoms with Gasteiger partial charge in [0.2, 0.25) is 0 Å². The summed E-state index contributed by atoms with van der Waals surface area (Å²) in [6.07, 6.45) is -1.67.